The first-order valence-corrected chi connectivity index (χ1v) is 11.6. The van der Waals surface area contributed by atoms with E-state index in [9.17, 15) is 24.4 Å². The van der Waals surface area contributed by atoms with E-state index in [0.29, 0.717) is 30.7 Å². The van der Waals surface area contributed by atoms with Gasteiger partial charge in [0.1, 0.15) is 6.04 Å². The molecule has 0 radical (unpaired) electrons. The molecular formula is C24H36N4O5. The molecule has 1 aliphatic rings. The third-order valence-corrected chi connectivity index (χ3v) is 5.77. The minimum Gasteiger partial charge on any atom is -0.324 e. The van der Waals surface area contributed by atoms with Crippen LogP contribution in [0.3, 0.4) is 0 Å². The molecule has 182 valence electrons. The van der Waals surface area contributed by atoms with Gasteiger partial charge >= 0.3 is 6.03 Å². The maximum atomic E-state index is 13.2. The number of rotatable bonds is 12. The molecule has 0 unspecified atom stereocenters. The molecule has 9 heteroatoms. The van der Waals surface area contributed by atoms with Crippen molar-refractivity contribution in [2.45, 2.75) is 65.8 Å². The van der Waals surface area contributed by atoms with Gasteiger partial charge in [0.15, 0.2) is 0 Å². The quantitative estimate of drug-likeness (QED) is 0.217. The number of urea groups is 1. The molecule has 1 heterocycles. The molecule has 0 aliphatic carbocycles. The van der Waals surface area contributed by atoms with Crippen molar-refractivity contribution in [1.82, 2.24) is 21.2 Å². The van der Waals surface area contributed by atoms with Crippen molar-refractivity contribution in [3.8, 4) is 0 Å². The maximum absolute atomic E-state index is 13.2. The predicted octanol–water partition coefficient (Wildman–Crippen LogP) is 2.79. The van der Waals surface area contributed by atoms with Gasteiger partial charge in [0.2, 0.25) is 11.8 Å². The summed E-state index contributed by atoms with van der Waals surface area (Å²) >= 11 is 0. The molecule has 1 aromatic rings. The molecule has 1 fully saturated rings. The Hall–Kier alpha value is -2.94. The lowest BCUT2D eigenvalue weighted by molar-refractivity contribution is -0.145. The van der Waals surface area contributed by atoms with Crippen LogP contribution in [0, 0.1) is 23.7 Å². The number of hydrogen-bond donors (Lipinski definition) is 4. The molecule has 0 aromatic heterocycles. The number of aryl methyl sites for hydroxylation is 1. The number of nitrogens with zero attached hydrogens (tertiary/aromatic N) is 1. The lowest BCUT2D eigenvalue weighted by Gasteiger charge is -2.27. The molecule has 0 spiro atoms. The summed E-state index contributed by atoms with van der Waals surface area (Å²) in [5.74, 6) is -3.14. The minimum absolute atomic E-state index is 0.0701. The first kappa shape index (κ1) is 26.3. The Labute approximate surface area is 195 Å². The highest BCUT2D eigenvalue weighted by molar-refractivity contribution is 6.05. The molecule has 1 aliphatic heterocycles. The zero-order chi connectivity index (χ0) is 24.5. The average Bonchev–Trinajstić information content (AvgIpc) is 3.02. The van der Waals surface area contributed by atoms with E-state index in [1.54, 1.807) is 5.48 Å². The minimum atomic E-state index is -0.822. The number of hydrogen-bond acceptors (Lipinski definition) is 5. The normalized spacial score (nSPS) is 17.8. The zero-order valence-corrected chi connectivity index (χ0v) is 19.8. The summed E-state index contributed by atoms with van der Waals surface area (Å²) < 4.78 is 0. The van der Waals surface area contributed by atoms with E-state index in [-0.39, 0.29) is 11.8 Å². The van der Waals surface area contributed by atoms with Crippen LogP contribution in [-0.2, 0) is 20.8 Å². The Morgan fingerprint density at radius 3 is 2.27 bits per heavy atom. The number of benzene rings is 1. The van der Waals surface area contributed by atoms with Crippen molar-refractivity contribution in [3.63, 3.8) is 0 Å². The molecule has 1 aromatic carbocycles. The van der Waals surface area contributed by atoms with E-state index in [2.05, 4.69) is 10.7 Å². The first-order chi connectivity index (χ1) is 15.6. The van der Waals surface area contributed by atoms with Crippen LogP contribution in [0.4, 0.5) is 4.79 Å². The summed E-state index contributed by atoms with van der Waals surface area (Å²) in [4.78, 5) is 50.7. The summed E-state index contributed by atoms with van der Waals surface area (Å²) in [6.07, 6.45) is 2.53. The summed E-state index contributed by atoms with van der Waals surface area (Å²) in [5, 5.41) is 12.6. The van der Waals surface area contributed by atoms with Crippen molar-refractivity contribution in [3.05, 3.63) is 35.9 Å². The summed E-state index contributed by atoms with van der Waals surface area (Å²) in [5.41, 5.74) is 5.22. The fourth-order valence-electron chi connectivity index (χ4n) is 4.19. The van der Waals surface area contributed by atoms with Crippen LogP contribution in [0.5, 0.6) is 0 Å². The second kappa shape index (κ2) is 12.3. The third-order valence-electron chi connectivity index (χ3n) is 5.77. The fourth-order valence-corrected chi connectivity index (χ4v) is 4.19. The van der Waals surface area contributed by atoms with Crippen molar-refractivity contribution >= 4 is 23.8 Å². The number of carbonyl (C=O) groups is 4. The topological polar surface area (TPSA) is 128 Å². The smallest absolute Gasteiger partial charge is 0.324 e. The summed E-state index contributed by atoms with van der Waals surface area (Å²) in [6, 6.07) is 8.41. The molecule has 0 bridgehead atoms. The van der Waals surface area contributed by atoms with E-state index in [1.807, 2.05) is 58.0 Å². The highest BCUT2D eigenvalue weighted by Gasteiger charge is 2.42. The fraction of sp³-hybridized carbons (Fsp3) is 0.583. The van der Waals surface area contributed by atoms with Crippen molar-refractivity contribution in [1.29, 1.82) is 0 Å². The van der Waals surface area contributed by atoms with E-state index >= 15 is 0 Å². The van der Waals surface area contributed by atoms with E-state index in [1.165, 1.54) is 0 Å². The highest BCUT2D eigenvalue weighted by atomic mass is 16.5. The number of imide groups is 1. The monoisotopic (exact) mass is 460 g/mol. The molecule has 4 N–H and O–H groups in total. The number of carbonyl (C=O) groups excluding carboxylic acids is 4. The van der Waals surface area contributed by atoms with Gasteiger partial charge in [-0.15, -0.1) is 0 Å². The Morgan fingerprint density at radius 1 is 1.03 bits per heavy atom. The Balaban J connectivity index is 2.14. The predicted molar refractivity (Wildman–Crippen MR) is 123 cm³/mol. The lowest BCUT2D eigenvalue weighted by Crippen LogP contribution is -2.51. The Morgan fingerprint density at radius 2 is 1.70 bits per heavy atom. The first-order valence-electron chi connectivity index (χ1n) is 11.6. The maximum Gasteiger partial charge on any atom is 0.344 e. The van der Waals surface area contributed by atoms with Crippen LogP contribution in [0.25, 0.3) is 0 Å². The molecule has 3 atom stereocenters. The Bertz CT molecular complexity index is 827. The largest absolute Gasteiger partial charge is 0.344 e. The number of hydroxylamine groups is 1. The van der Waals surface area contributed by atoms with Gasteiger partial charge in [0.25, 0.3) is 5.91 Å². The van der Waals surface area contributed by atoms with Gasteiger partial charge < -0.3 is 5.32 Å². The van der Waals surface area contributed by atoms with Gasteiger partial charge in [0, 0.05) is 0 Å². The number of hydrazine groups is 1. The van der Waals surface area contributed by atoms with Crippen LogP contribution in [-0.4, -0.2) is 40.0 Å². The van der Waals surface area contributed by atoms with E-state index in [0.717, 1.165) is 12.0 Å². The molecular weight excluding hydrogens is 424 g/mol. The van der Waals surface area contributed by atoms with E-state index < -0.39 is 41.6 Å². The molecule has 2 rings (SSSR count). The number of amides is 5. The van der Waals surface area contributed by atoms with Gasteiger partial charge in [-0.3, -0.25) is 25.0 Å². The molecule has 5 amide bonds. The highest BCUT2D eigenvalue weighted by Crippen LogP contribution is 2.27. The molecule has 9 nitrogen and oxygen atoms in total. The van der Waals surface area contributed by atoms with Gasteiger partial charge in [-0.05, 0) is 49.5 Å². The average molecular weight is 461 g/mol. The lowest BCUT2D eigenvalue weighted by atomic mass is 9.81. The Kier molecular flexibility index (Phi) is 9.84. The SMILES string of the molecule is CC(C)C[C@@H]1NC(=O)N(NC(=O)[C@H](CC(C)C)[C@H](CCCc2ccccc2)C(=O)NO)C1=O. The second-order valence-electron chi connectivity index (χ2n) is 9.48. The van der Waals surface area contributed by atoms with Crippen LogP contribution < -0.4 is 16.2 Å². The number of nitrogens with one attached hydrogen (secondary N) is 3. The van der Waals surface area contributed by atoms with Gasteiger partial charge in [0.05, 0.1) is 11.8 Å². The zero-order valence-electron chi connectivity index (χ0n) is 19.8. The van der Waals surface area contributed by atoms with Gasteiger partial charge in [-0.25, -0.2) is 10.3 Å². The van der Waals surface area contributed by atoms with Gasteiger partial charge in [-0.1, -0.05) is 58.0 Å². The third kappa shape index (κ3) is 7.56. The molecule has 33 heavy (non-hydrogen) atoms. The van der Waals surface area contributed by atoms with Crippen LogP contribution in [0.1, 0.15) is 58.9 Å². The molecule has 1 saturated heterocycles. The van der Waals surface area contributed by atoms with Crippen molar-refractivity contribution in [2.75, 3.05) is 0 Å². The summed E-state index contributed by atoms with van der Waals surface area (Å²) in [6.45, 7) is 7.72. The van der Waals surface area contributed by atoms with Crippen LogP contribution >= 0.6 is 0 Å². The van der Waals surface area contributed by atoms with Crippen LogP contribution in [0.2, 0.25) is 0 Å². The molecule has 0 saturated carbocycles. The van der Waals surface area contributed by atoms with Gasteiger partial charge in [-0.2, -0.15) is 5.01 Å². The van der Waals surface area contributed by atoms with E-state index in [4.69, 9.17) is 0 Å². The second-order valence-corrected chi connectivity index (χ2v) is 9.48. The van der Waals surface area contributed by atoms with Crippen molar-refractivity contribution in [2.24, 2.45) is 23.7 Å². The van der Waals surface area contributed by atoms with Crippen LogP contribution in [0.15, 0.2) is 30.3 Å². The van der Waals surface area contributed by atoms with Crippen molar-refractivity contribution < 1.29 is 24.4 Å². The summed E-state index contributed by atoms with van der Waals surface area (Å²) in [7, 11) is 0. The standard InChI is InChI=1S/C24H36N4O5/c1-15(2)13-19(18(22(30)27-33)12-8-11-17-9-6-5-7-10-17)21(29)26-28-23(31)20(14-16(3)4)25-24(28)32/h5-7,9-10,15-16,18-20,33H,8,11-14H2,1-4H3,(H,25,32)(H,26,29)(H,27,30)/t18-,19+,20-/m0/s1.